The summed E-state index contributed by atoms with van der Waals surface area (Å²) in [5.41, 5.74) is 4.86. The normalized spacial score (nSPS) is 15.4. The number of benzene rings is 2. The highest BCUT2D eigenvalue weighted by Gasteiger charge is 2.17. The molecule has 4 nitrogen and oxygen atoms in total. The first-order valence-corrected chi connectivity index (χ1v) is 8.24. The van der Waals surface area contributed by atoms with Gasteiger partial charge in [-0.3, -0.25) is 5.01 Å². The van der Waals surface area contributed by atoms with E-state index in [1.54, 1.807) is 0 Å². The molecular formula is C18H21ClN4. The van der Waals surface area contributed by atoms with E-state index < -0.39 is 0 Å². The van der Waals surface area contributed by atoms with Crippen molar-refractivity contribution in [3.8, 4) is 0 Å². The smallest absolute Gasteiger partial charge is 0.0875 e. The zero-order valence-corrected chi connectivity index (χ0v) is 14.3. The molecule has 1 heterocycles. The summed E-state index contributed by atoms with van der Waals surface area (Å²) in [4.78, 5) is 2.43. The molecule has 0 N–H and O–H groups in total. The molecule has 0 saturated carbocycles. The number of aryl methyl sites for hydroxylation is 1. The molecule has 120 valence electrons. The van der Waals surface area contributed by atoms with Crippen molar-refractivity contribution in [2.75, 3.05) is 31.1 Å². The summed E-state index contributed by atoms with van der Waals surface area (Å²) in [5, 5.41) is 11.4. The van der Waals surface area contributed by atoms with Gasteiger partial charge < -0.3 is 4.90 Å². The largest absolute Gasteiger partial charge is 0.368 e. The van der Waals surface area contributed by atoms with Gasteiger partial charge in [0.05, 0.1) is 18.8 Å². The van der Waals surface area contributed by atoms with Crippen LogP contribution in [0.3, 0.4) is 0 Å². The van der Waals surface area contributed by atoms with Crippen LogP contribution in [0.4, 0.5) is 11.4 Å². The first-order chi connectivity index (χ1) is 11.1. The second kappa shape index (κ2) is 7.01. The van der Waals surface area contributed by atoms with Gasteiger partial charge in [-0.25, -0.2) is 0 Å². The van der Waals surface area contributed by atoms with E-state index in [-0.39, 0.29) is 0 Å². The van der Waals surface area contributed by atoms with Crippen LogP contribution in [0.1, 0.15) is 11.1 Å². The van der Waals surface area contributed by atoms with Crippen LogP contribution in [0.15, 0.2) is 52.8 Å². The summed E-state index contributed by atoms with van der Waals surface area (Å²) in [5.74, 6) is 0. The van der Waals surface area contributed by atoms with Crippen molar-refractivity contribution in [2.45, 2.75) is 13.8 Å². The minimum absolute atomic E-state index is 0.714. The predicted octanol–water partition coefficient (Wildman–Crippen LogP) is 4.78. The van der Waals surface area contributed by atoms with Gasteiger partial charge in [-0.2, -0.15) is 0 Å². The van der Waals surface area contributed by atoms with E-state index in [9.17, 15) is 0 Å². The maximum absolute atomic E-state index is 5.87. The molecule has 1 aliphatic heterocycles. The Labute approximate surface area is 142 Å². The minimum Gasteiger partial charge on any atom is -0.368 e. The minimum atomic E-state index is 0.714. The molecule has 0 aromatic heterocycles. The molecule has 0 bridgehead atoms. The lowest BCUT2D eigenvalue weighted by atomic mass is 10.1. The third kappa shape index (κ3) is 3.82. The number of rotatable bonds is 3. The molecule has 0 amide bonds. The maximum atomic E-state index is 5.87. The number of anilines is 1. The third-order valence-electron chi connectivity index (χ3n) is 4.29. The molecule has 1 aliphatic rings. The molecule has 0 radical (unpaired) electrons. The Balaban J connectivity index is 1.60. The zero-order chi connectivity index (χ0) is 16.2. The van der Waals surface area contributed by atoms with Gasteiger partial charge in [-0.15, -0.1) is 5.11 Å². The Morgan fingerprint density at radius 2 is 1.61 bits per heavy atom. The quantitative estimate of drug-likeness (QED) is 0.759. The Morgan fingerprint density at radius 3 is 2.30 bits per heavy atom. The van der Waals surface area contributed by atoms with Gasteiger partial charge in [0, 0.05) is 23.8 Å². The molecule has 3 rings (SSSR count). The lowest BCUT2D eigenvalue weighted by molar-refractivity contribution is 0.254. The highest BCUT2D eigenvalue weighted by Crippen LogP contribution is 2.24. The SMILES string of the molecule is Cc1cccc(N2CCN(N=Nc3ccc(Cl)cc3)CC2)c1C. The summed E-state index contributed by atoms with van der Waals surface area (Å²) < 4.78 is 0. The van der Waals surface area contributed by atoms with Gasteiger partial charge in [-0.05, 0) is 55.3 Å². The monoisotopic (exact) mass is 328 g/mol. The number of nitrogens with zero attached hydrogens (tertiary/aromatic N) is 4. The van der Waals surface area contributed by atoms with Crippen LogP contribution in [-0.4, -0.2) is 31.2 Å². The van der Waals surface area contributed by atoms with Gasteiger partial charge >= 0.3 is 0 Å². The van der Waals surface area contributed by atoms with Gasteiger partial charge in [0.15, 0.2) is 0 Å². The van der Waals surface area contributed by atoms with E-state index in [1.165, 1.54) is 16.8 Å². The lowest BCUT2D eigenvalue weighted by Gasteiger charge is -2.35. The molecule has 1 saturated heterocycles. The van der Waals surface area contributed by atoms with Crippen LogP contribution < -0.4 is 4.90 Å². The summed E-state index contributed by atoms with van der Waals surface area (Å²) in [7, 11) is 0. The van der Waals surface area contributed by atoms with E-state index in [1.807, 2.05) is 29.3 Å². The molecule has 0 atom stereocenters. The van der Waals surface area contributed by atoms with Gasteiger partial charge in [0.2, 0.25) is 0 Å². The predicted molar refractivity (Wildman–Crippen MR) is 95.7 cm³/mol. The number of halogens is 1. The summed E-state index contributed by atoms with van der Waals surface area (Å²) in [6.07, 6.45) is 0. The fourth-order valence-electron chi connectivity index (χ4n) is 2.73. The summed E-state index contributed by atoms with van der Waals surface area (Å²) in [6, 6.07) is 13.9. The topological polar surface area (TPSA) is 31.2 Å². The molecular weight excluding hydrogens is 308 g/mol. The van der Waals surface area contributed by atoms with E-state index >= 15 is 0 Å². The molecule has 5 heteroatoms. The van der Waals surface area contributed by atoms with Crippen LogP contribution in [0.25, 0.3) is 0 Å². The van der Waals surface area contributed by atoms with Crippen LogP contribution in [-0.2, 0) is 0 Å². The number of hydrogen-bond acceptors (Lipinski definition) is 3. The van der Waals surface area contributed by atoms with Crippen LogP contribution in [0.2, 0.25) is 5.02 Å². The van der Waals surface area contributed by atoms with Crippen molar-refractivity contribution in [2.24, 2.45) is 10.3 Å². The van der Waals surface area contributed by atoms with Crippen molar-refractivity contribution in [3.63, 3.8) is 0 Å². The average molecular weight is 329 g/mol. The second-order valence-corrected chi connectivity index (χ2v) is 6.26. The van der Waals surface area contributed by atoms with Gasteiger partial charge in [-0.1, -0.05) is 29.0 Å². The van der Waals surface area contributed by atoms with Crippen molar-refractivity contribution in [1.29, 1.82) is 0 Å². The fourth-order valence-corrected chi connectivity index (χ4v) is 2.85. The molecule has 2 aromatic carbocycles. The summed E-state index contributed by atoms with van der Waals surface area (Å²) >= 11 is 5.87. The standard InChI is InChI=1S/C18H21ClN4/c1-14-4-3-5-18(15(14)2)22-10-12-23(13-11-22)21-20-17-8-6-16(19)7-9-17/h3-9H,10-13H2,1-2H3. The van der Waals surface area contributed by atoms with Gasteiger partial charge in [0.1, 0.15) is 0 Å². The Morgan fingerprint density at radius 1 is 0.913 bits per heavy atom. The Kier molecular flexibility index (Phi) is 4.82. The molecule has 2 aromatic rings. The molecule has 23 heavy (non-hydrogen) atoms. The highest BCUT2D eigenvalue weighted by molar-refractivity contribution is 6.30. The Hall–Kier alpha value is -2.07. The molecule has 0 aliphatic carbocycles. The van der Waals surface area contributed by atoms with E-state index in [0.717, 1.165) is 31.9 Å². The molecule has 1 fully saturated rings. The maximum Gasteiger partial charge on any atom is 0.0875 e. The van der Waals surface area contributed by atoms with Crippen LogP contribution >= 0.6 is 11.6 Å². The second-order valence-electron chi connectivity index (χ2n) is 5.83. The van der Waals surface area contributed by atoms with E-state index in [4.69, 9.17) is 11.6 Å². The van der Waals surface area contributed by atoms with Crippen molar-refractivity contribution in [3.05, 3.63) is 58.6 Å². The van der Waals surface area contributed by atoms with E-state index in [2.05, 4.69) is 47.3 Å². The zero-order valence-electron chi connectivity index (χ0n) is 13.5. The van der Waals surface area contributed by atoms with Crippen LogP contribution in [0, 0.1) is 13.8 Å². The number of piperazine rings is 1. The first kappa shape index (κ1) is 15.8. The lowest BCUT2D eigenvalue weighted by Crippen LogP contribution is -2.44. The number of hydrogen-bond donors (Lipinski definition) is 0. The van der Waals surface area contributed by atoms with Crippen molar-refractivity contribution < 1.29 is 0 Å². The average Bonchev–Trinajstić information content (AvgIpc) is 2.57. The highest BCUT2D eigenvalue weighted by atomic mass is 35.5. The van der Waals surface area contributed by atoms with Crippen molar-refractivity contribution >= 4 is 23.0 Å². The van der Waals surface area contributed by atoms with Crippen molar-refractivity contribution in [1.82, 2.24) is 5.01 Å². The first-order valence-electron chi connectivity index (χ1n) is 7.87. The molecule has 0 unspecified atom stereocenters. The van der Waals surface area contributed by atoms with Gasteiger partial charge in [0.25, 0.3) is 0 Å². The Bertz CT molecular complexity index is 689. The summed E-state index contributed by atoms with van der Waals surface area (Å²) in [6.45, 7) is 8.04. The van der Waals surface area contributed by atoms with E-state index in [0.29, 0.717) is 5.02 Å². The van der Waals surface area contributed by atoms with Crippen LogP contribution in [0.5, 0.6) is 0 Å². The fraction of sp³-hybridized carbons (Fsp3) is 0.333. The molecule has 0 spiro atoms. The third-order valence-corrected chi connectivity index (χ3v) is 4.54.